The number of benzene rings is 1. The molecule has 2 fully saturated rings. The fourth-order valence-electron chi connectivity index (χ4n) is 3.03. The Kier molecular flexibility index (Phi) is 5.15. The van der Waals surface area contributed by atoms with Crippen molar-refractivity contribution in [3.8, 4) is 5.75 Å². The first-order chi connectivity index (χ1) is 10.4. The predicted octanol–water partition coefficient (Wildman–Crippen LogP) is 3.70. The summed E-state index contributed by atoms with van der Waals surface area (Å²) < 4.78 is 11.9. The Morgan fingerprint density at radius 1 is 1.29 bits per heavy atom. The van der Waals surface area contributed by atoms with E-state index in [1.54, 1.807) is 0 Å². The Labute approximate surface area is 128 Å². The van der Waals surface area contributed by atoms with Gasteiger partial charge in [-0.15, -0.1) is 0 Å². The molecule has 1 N–H and O–H groups in total. The van der Waals surface area contributed by atoms with Gasteiger partial charge in [0.1, 0.15) is 5.75 Å². The fourth-order valence-corrected chi connectivity index (χ4v) is 3.03. The number of hydrogen-bond acceptors (Lipinski definition) is 3. The smallest absolute Gasteiger partial charge is 0.119 e. The molecule has 0 amide bonds. The van der Waals surface area contributed by atoms with E-state index in [0.717, 1.165) is 38.0 Å². The Morgan fingerprint density at radius 2 is 2.19 bits per heavy atom. The summed E-state index contributed by atoms with van der Waals surface area (Å²) in [4.78, 5) is 0. The largest absolute Gasteiger partial charge is 0.494 e. The van der Waals surface area contributed by atoms with Gasteiger partial charge in [0.15, 0.2) is 0 Å². The molecule has 1 saturated heterocycles. The minimum Gasteiger partial charge on any atom is -0.494 e. The Bertz CT molecular complexity index is 445. The van der Waals surface area contributed by atoms with Gasteiger partial charge in [0.2, 0.25) is 0 Å². The summed E-state index contributed by atoms with van der Waals surface area (Å²) in [5, 5.41) is 3.66. The zero-order valence-electron chi connectivity index (χ0n) is 13.0. The first-order valence-electron chi connectivity index (χ1n) is 8.44. The molecule has 0 bridgehead atoms. The maximum absolute atomic E-state index is 6.09. The van der Waals surface area contributed by atoms with Gasteiger partial charge in [-0.1, -0.05) is 19.1 Å². The highest BCUT2D eigenvalue weighted by molar-refractivity contribution is 5.30. The van der Waals surface area contributed by atoms with E-state index in [0.29, 0.717) is 5.92 Å². The van der Waals surface area contributed by atoms with Gasteiger partial charge >= 0.3 is 0 Å². The lowest BCUT2D eigenvalue weighted by molar-refractivity contribution is -0.0279. The van der Waals surface area contributed by atoms with Crippen LogP contribution in [0, 0.1) is 5.92 Å². The zero-order valence-corrected chi connectivity index (χ0v) is 13.0. The summed E-state index contributed by atoms with van der Waals surface area (Å²) in [6, 6.07) is 9.24. The lowest BCUT2D eigenvalue weighted by Gasteiger charge is -2.32. The molecule has 0 aromatic heterocycles. The van der Waals surface area contributed by atoms with Crippen LogP contribution >= 0.6 is 0 Å². The molecule has 2 aliphatic rings. The van der Waals surface area contributed by atoms with Gasteiger partial charge < -0.3 is 14.8 Å². The van der Waals surface area contributed by atoms with Crippen LogP contribution in [0.2, 0.25) is 0 Å². The SMILES string of the molecule is CCCOc1cccc(C2OCCCC2CNC2CC2)c1. The monoisotopic (exact) mass is 289 g/mol. The highest BCUT2D eigenvalue weighted by Crippen LogP contribution is 2.35. The van der Waals surface area contributed by atoms with E-state index in [-0.39, 0.29) is 6.10 Å². The molecule has 1 saturated carbocycles. The van der Waals surface area contributed by atoms with Crippen molar-refractivity contribution in [3.05, 3.63) is 29.8 Å². The Morgan fingerprint density at radius 3 is 3.00 bits per heavy atom. The minimum atomic E-state index is 0.218. The summed E-state index contributed by atoms with van der Waals surface area (Å²) in [7, 11) is 0. The van der Waals surface area contributed by atoms with Crippen molar-refractivity contribution in [1.29, 1.82) is 0 Å². The molecular weight excluding hydrogens is 262 g/mol. The zero-order chi connectivity index (χ0) is 14.5. The maximum atomic E-state index is 6.09. The van der Waals surface area contributed by atoms with Crippen molar-refractivity contribution in [2.24, 2.45) is 5.92 Å². The van der Waals surface area contributed by atoms with Gasteiger partial charge in [-0.3, -0.25) is 0 Å². The number of nitrogens with one attached hydrogen (secondary N) is 1. The van der Waals surface area contributed by atoms with E-state index in [2.05, 4.69) is 30.4 Å². The molecule has 1 aromatic carbocycles. The van der Waals surface area contributed by atoms with E-state index >= 15 is 0 Å². The van der Waals surface area contributed by atoms with Gasteiger partial charge in [-0.2, -0.15) is 0 Å². The lowest BCUT2D eigenvalue weighted by atomic mass is 9.89. The van der Waals surface area contributed by atoms with Crippen LogP contribution in [-0.2, 0) is 4.74 Å². The molecule has 1 heterocycles. The summed E-state index contributed by atoms with van der Waals surface area (Å²) in [5.74, 6) is 1.55. The summed E-state index contributed by atoms with van der Waals surface area (Å²) in [6.45, 7) is 4.87. The van der Waals surface area contributed by atoms with Crippen LogP contribution in [0.1, 0.15) is 50.7 Å². The van der Waals surface area contributed by atoms with Gasteiger partial charge in [0.05, 0.1) is 12.7 Å². The molecule has 3 nitrogen and oxygen atoms in total. The molecule has 3 rings (SSSR count). The first-order valence-corrected chi connectivity index (χ1v) is 8.44. The van der Waals surface area contributed by atoms with Crippen molar-refractivity contribution in [1.82, 2.24) is 5.32 Å². The molecule has 0 spiro atoms. The van der Waals surface area contributed by atoms with Gasteiger partial charge in [0.25, 0.3) is 0 Å². The lowest BCUT2D eigenvalue weighted by Crippen LogP contribution is -2.32. The number of ether oxygens (including phenoxy) is 2. The third kappa shape index (κ3) is 4.21. The van der Waals surface area contributed by atoms with E-state index in [9.17, 15) is 0 Å². The third-order valence-electron chi connectivity index (χ3n) is 4.35. The molecule has 1 aliphatic carbocycles. The normalized spacial score (nSPS) is 25.8. The second kappa shape index (κ2) is 7.28. The van der Waals surface area contributed by atoms with Gasteiger partial charge in [0, 0.05) is 25.1 Å². The number of rotatable bonds is 7. The van der Waals surface area contributed by atoms with Crippen LogP contribution < -0.4 is 10.1 Å². The van der Waals surface area contributed by atoms with Crippen molar-refractivity contribution in [2.75, 3.05) is 19.8 Å². The van der Waals surface area contributed by atoms with Crippen molar-refractivity contribution < 1.29 is 9.47 Å². The quantitative estimate of drug-likeness (QED) is 0.830. The van der Waals surface area contributed by atoms with Crippen LogP contribution in [-0.4, -0.2) is 25.8 Å². The van der Waals surface area contributed by atoms with Gasteiger partial charge in [-0.05, 0) is 49.8 Å². The highest BCUT2D eigenvalue weighted by atomic mass is 16.5. The van der Waals surface area contributed by atoms with Crippen molar-refractivity contribution >= 4 is 0 Å². The molecule has 3 heteroatoms. The van der Waals surface area contributed by atoms with Crippen LogP contribution in [0.25, 0.3) is 0 Å². The molecule has 1 aliphatic heterocycles. The van der Waals surface area contributed by atoms with Crippen LogP contribution in [0.3, 0.4) is 0 Å². The second-order valence-corrected chi connectivity index (χ2v) is 6.30. The van der Waals surface area contributed by atoms with Crippen LogP contribution in [0.4, 0.5) is 0 Å². The van der Waals surface area contributed by atoms with Crippen molar-refractivity contribution in [2.45, 2.75) is 51.2 Å². The summed E-state index contributed by atoms with van der Waals surface area (Å²) in [6.07, 6.45) is 6.38. The molecule has 2 atom stereocenters. The molecule has 21 heavy (non-hydrogen) atoms. The van der Waals surface area contributed by atoms with E-state index in [4.69, 9.17) is 9.47 Å². The van der Waals surface area contributed by atoms with E-state index in [1.165, 1.54) is 31.2 Å². The fraction of sp³-hybridized carbons (Fsp3) is 0.667. The van der Waals surface area contributed by atoms with Gasteiger partial charge in [-0.25, -0.2) is 0 Å². The molecule has 116 valence electrons. The standard InChI is InChI=1S/C18H27NO2/c1-2-10-20-17-7-3-5-14(12-17)18-15(6-4-11-21-18)13-19-16-8-9-16/h3,5,7,12,15-16,18-19H,2,4,6,8-11,13H2,1H3. The van der Waals surface area contributed by atoms with Crippen molar-refractivity contribution in [3.63, 3.8) is 0 Å². The minimum absolute atomic E-state index is 0.218. The molecular formula is C18H27NO2. The third-order valence-corrected chi connectivity index (χ3v) is 4.35. The maximum Gasteiger partial charge on any atom is 0.119 e. The highest BCUT2D eigenvalue weighted by Gasteiger charge is 2.29. The first kappa shape index (κ1) is 14.9. The van der Waals surface area contributed by atoms with Crippen LogP contribution in [0.15, 0.2) is 24.3 Å². The summed E-state index contributed by atoms with van der Waals surface area (Å²) in [5.41, 5.74) is 1.27. The predicted molar refractivity (Wildman–Crippen MR) is 84.7 cm³/mol. The Hall–Kier alpha value is -1.06. The molecule has 2 unspecified atom stereocenters. The summed E-state index contributed by atoms with van der Waals surface area (Å²) >= 11 is 0. The average molecular weight is 289 g/mol. The second-order valence-electron chi connectivity index (χ2n) is 6.30. The van der Waals surface area contributed by atoms with E-state index < -0.39 is 0 Å². The van der Waals surface area contributed by atoms with Crippen LogP contribution in [0.5, 0.6) is 5.75 Å². The molecule has 1 aromatic rings. The van der Waals surface area contributed by atoms with E-state index in [1.807, 2.05) is 6.07 Å². The topological polar surface area (TPSA) is 30.5 Å². The Balaban J connectivity index is 1.66. The average Bonchev–Trinajstić information content (AvgIpc) is 3.36. The molecule has 0 radical (unpaired) electrons. The number of hydrogen-bond donors (Lipinski definition) is 1.